The molecule has 2 fully saturated rings. The van der Waals surface area contributed by atoms with Gasteiger partial charge in [0.2, 0.25) is 5.95 Å². The summed E-state index contributed by atoms with van der Waals surface area (Å²) in [5.41, 5.74) is 0. The highest BCUT2D eigenvalue weighted by atomic mass is 32.2. The number of piperazine rings is 1. The van der Waals surface area contributed by atoms with Crippen LogP contribution in [0.15, 0.2) is 6.20 Å². The first-order chi connectivity index (χ1) is 11.0. The van der Waals surface area contributed by atoms with Gasteiger partial charge >= 0.3 is 0 Å². The molecule has 1 unspecified atom stereocenters. The van der Waals surface area contributed by atoms with Crippen LogP contribution in [0.4, 0.5) is 11.8 Å². The van der Waals surface area contributed by atoms with Crippen molar-refractivity contribution in [1.29, 1.82) is 0 Å². The number of hydrogen-bond donors (Lipinski definition) is 0. The van der Waals surface area contributed by atoms with Gasteiger partial charge < -0.3 is 14.7 Å². The van der Waals surface area contributed by atoms with Gasteiger partial charge in [-0.05, 0) is 13.0 Å². The van der Waals surface area contributed by atoms with Crippen molar-refractivity contribution >= 4 is 21.6 Å². The Morgan fingerprint density at radius 2 is 2.04 bits per heavy atom. The van der Waals surface area contributed by atoms with E-state index in [0.29, 0.717) is 12.4 Å². The van der Waals surface area contributed by atoms with E-state index in [2.05, 4.69) is 31.9 Å². The van der Waals surface area contributed by atoms with Crippen molar-refractivity contribution in [2.45, 2.75) is 19.4 Å². The molecule has 2 saturated heterocycles. The van der Waals surface area contributed by atoms with Crippen LogP contribution < -0.4 is 9.80 Å². The van der Waals surface area contributed by atoms with Gasteiger partial charge in [-0.3, -0.25) is 0 Å². The van der Waals surface area contributed by atoms with Crippen molar-refractivity contribution in [2.24, 2.45) is 0 Å². The van der Waals surface area contributed by atoms with E-state index in [1.807, 2.05) is 11.9 Å². The van der Waals surface area contributed by atoms with Crippen LogP contribution in [-0.4, -0.2) is 85.8 Å². The zero-order chi connectivity index (χ0) is 16.4. The number of anilines is 2. The third kappa shape index (κ3) is 3.72. The van der Waals surface area contributed by atoms with Crippen molar-refractivity contribution in [3.05, 3.63) is 6.20 Å². The SMILES string of the molecule is CCN1CCN(c2cnnc(N(C)C3CCS(=O)(=O)C3)n2)CC1. The van der Waals surface area contributed by atoms with E-state index in [4.69, 9.17) is 0 Å². The molecule has 0 saturated carbocycles. The van der Waals surface area contributed by atoms with Crippen molar-refractivity contribution in [1.82, 2.24) is 20.1 Å². The van der Waals surface area contributed by atoms with Crippen LogP contribution >= 0.6 is 0 Å². The van der Waals surface area contributed by atoms with Gasteiger partial charge in [0.25, 0.3) is 0 Å². The Labute approximate surface area is 137 Å². The predicted octanol–water partition coefficient (Wildman–Crippen LogP) is -0.363. The standard InChI is InChI=1S/C14H24N6O2S/c1-3-19-5-7-20(8-6-19)13-10-15-17-14(16-13)18(2)12-4-9-23(21,22)11-12/h10,12H,3-9,11H2,1-2H3. The molecule has 9 heteroatoms. The van der Waals surface area contributed by atoms with Crippen LogP contribution in [0.5, 0.6) is 0 Å². The monoisotopic (exact) mass is 340 g/mol. The van der Waals surface area contributed by atoms with Crippen LogP contribution in [0, 0.1) is 0 Å². The van der Waals surface area contributed by atoms with Crippen LogP contribution in [0.25, 0.3) is 0 Å². The number of rotatable bonds is 4. The first kappa shape index (κ1) is 16.4. The molecule has 0 aliphatic carbocycles. The minimum Gasteiger partial charge on any atom is -0.353 e. The van der Waals surface area contributed by atoms with Gasteiger partial charge in [0.05, 0.1) is 17.7 Å². The van der Waals surface area contributed by atoms with E-state index in [1.165, 1.54) is 0 Å². The summed E-state index contributed by atoms with van der Waals surface area (Å²) < 4.78 is 23.3. The van der Waals surface area contributed by atoms with Gasteiger partial charge in [-0.15, -0.1) is 5.10 Å². The van der Waals surface area contributed by atoms with Gasteiger partial charge in [0.1, 0.15) is 0 Å². The largest absolute Gasteiger partial charge is 0.353 e. The van der Waals surface area contributed by atoms with Crippen LogP contribution in [0.2, 0.25) is 0 Å². The van der Waals surface area contributed by atoms with Crippen molar-refractivity contribution in [3.8, 4) is 0 Å². The number of sulfone groups is 1. The Bertz CT molecular complexity index is 644. The summed E-state index contributed by atoms with van der Waals surface area (Å²) in [5, 5.41) is 8.16. The molecule has 0 radical (unpaired) electrons. The lowest BCUT2D eigenvalue weighted by Gasteiger charge is -2.34. The van der Waals surface area contributed by atoms with Crippen molar-refractivity contribution < 1.29 is 8.42 Å². The fraction of sp³-hybridized carbons (Fsp3) is 0.786. The third-order valence-electron chi connectivity index (χ3n) is 4.75. The molecule has 0 aromatic carbocycles. The molecule has 0 amide bonds. The van der Waals surface area contributed by atoms with E-state index < -0.39 is 9.84 Å². The molecule has 2 aliphatic rings. The van der Waals surface area contributed by atoms with E-state index >= 15 is 0 Å². The average molecular weight is 340 g/mol. The highest BCUT2D eigenvalue weighted by Crippen LogP contribution is 2.21. The molecule has 3 rings (SSSR count). The second kappa shape index (κ2) is 6.56. The number of nitrogens with zero attached hydrogens (tertiary/aromatic N) is 6. The molecule has 8 nitrogen and oxygen atoms in total. The number of likely N-dealkylation sites (N-methyl/N-ethyl adjacent to an activating group) is 1. The lowest BCUT2D eigenvalue weighted by molar-refractivity contribution is 0.270. The average Bonchev–Trinajstić information content (AvgIpc) is 2.94. The summed E-state index contributed by atoms with van der Waals surface area (Å²) in [6.45, 7) is 7.13. The molecule has 1 aromatic heterocycles. The zero-order valence-electron chi connectivity index (χ0n) is 13.7. The van der Waals surface area contributed by atoms with E-state index in [-0.39, 0.29) is 17.5 Å². The number of hydrogen-bond acceptors (Lipinski definition) is 8. The predicted molar refractivity (Wildman–Crippen MR) is 89.6 cm³/mol. The fourth-order valence-corrected chi connectivity index (χ4v) is 4.90. The molecular formula is C14H24N6O2S. The Kier molecular flexibility index (Phi) is 4.67. The minimum absolute atomic E-state index is 0.0611. The first-order valence-corrected chi connectivity index (χ1v) is 9.91. The molecule has 23 heavy (non-hydrogen) atoms. The maximum Gasteiger partial charge on any atom is 0.247 e. The van der Waals surface area contributed by atoms with Crippen molar-refractivity contribution in [3.63, 3.8) is 0 Å². The molecule has 1 aromatic rings. The van der Waals surface area contributed by atoms with E-state index in [1.54, 1.807) is 6.20 Å². The Morgan fingerprint density at radius 1 is 1.30 bits per heavy atom. The minimum atomic E-state index is -2.92. The second-order valence-electron chi connectivity index (χ2n) is 6.20. The summed E-state index contributed by atoms with van der Waals surface area (Å²) in [6, 6.07) is -0.0611. The Morgan fingerprint density at radius 3 is 2.65 bits per heavy atom. The highest BCUT2D eigenvalue weighted by molar-refractivity contribution is 7.91. The molecule has 1 atom stereocenters. The van der Waals surface area contributed by atoms with Gasteiger partial charge in [-0.2, -0.15) is 10.1 Å². The molecule has 0 spiro atoms. The third-order valence-corrected chi connectivity index (χ3v) is 6.50. The van der Waals surface area contributed by atoms with Crippen LogP contribution in [0.1, 0.15) is 13.3 Å². The van der Waals surface area contributed by atoms with Crippen LogP contribution in [-0.2, 0) is 9.84 Å². The molecule has 0 N–H and O–H groups in total. The Hall–Kier alpha value is -1.48. The topological polar surface area (TPSA) is 82.5 Å². The lowest BCUT2D eigenvalue weighted by atomic mass is 10.2. The lowest BCUT2D eigenvalue weighted by Crippen LogP contribution is -2.46. The summed E-state index contributed by atoms with van der Waals surface area (Å²) >= 11 is 0. The smallest absolute Gasteiger partial charge is 0.247 e. The Balaban J connectivity index is 1.70. The maximum absolute atomic E-state index is 11.7. The van der Waals surface area contributed by atoms with Gasteiger partial charge in [-0.1, -0.05) is 6.92 Å². The molecule has 2 aliphatic heterocycles. The fourth-order valence-electron chi connectivity index (χ4n) is 3.12. The maximum atomic E-state index is 11.7. The normalized spacial score (nSPS) is 24.8. The van der Waals surface area contributed by atoms with Gasteiger partial charge in [0, 0.05) is 39.3 Å². The van der Waals surface area contributed by atoms with E-state index in [0.717, 1.165) is 38.5 Å². The first-order valence-electron chi connectivity index (χ1n) is 8.09. The molecular weight excluding hydrogens is 316 g/mol. The number of aromatic nitrogens is 3. The van der Waals surface area contributed by atoms with Gasteiger partial charge in [-0.25, -0.2) is 8.42 Å². The second-order valence-corrected chi connectivity index (χ2v) is 8.43. The summed E-state index contributed by atoms with van der Waals surface area (Å²) in [7, 11) is -1.07. The zero-order valence-corrected chi connectivity index (χ0v) is 14.5. The summed E-state index contributed by atoms with van der Waals surface area (Å²) in [5.74, 6) is 1.74. The van der Waals surface area contributed by atoms with E-state index in [9.17, 15) is 8.42 Å². The highest BCUT2D eigenvalue weighted by Gasteiger charge is 2.32. The summed E-state index contributed by atoms with van der Waals surface area (Å²) in [6.07, 6.45) is 2.31. The molecule has 3 heterocycles. The molecule has 0 bridgehead atoms. The molecule has 128 valence electrons. The summed E-state index contributed by atoms with van der Waals surface area (Å²) in [4.78, 5) is 11.1. The van der Waals surface area contributed by atoms with Gasteiger partial charge in [0.15, 0.2) is 15.7 Å². The van der Waals surface area contributed by atoms with Crippen LogP contribution in [0.3, 0.4) is 0 Å². The quantitative estimate of drug-likeness (QED) is 0.735. The van der Waals surface area contributed by atoms with Crippen molar-refractivity contribution in [2.75, 3.05) is 61.1 Å².